The number of nitrogens with zero attached hydrogens (tertiary/aromatic N) is 3. The van der Waals surface area contributed by atoms with Gasteiger partial charge in [0.05, 0.1) is 35.1 Å². The fourth-order valence-electron chi connectivity index (χ4n) is 4.40. The topological polar surface area (TPSA) is 67.3 Å². The van der Waals surface area contributed by atoms with E-state index in [1.54, 1.807) is 38.1 Å². The van der Waals surface area contributed by atoms with Crippen LogP contribution in [-0.4, -0.2) is 52.9 Å². The van der Waals surface area contributed by atoms with Crippen LogP contribution in [0, 0.1) is 12.8 Å². The monoisotopic (exact) mass is 540 g/mol. The minimum absolute atomic E-state index is 0.0301. The molecule has 12 heteroatoms. The molecule has 0 spiro atoms. The van der Waals surface area contributed by atoms with Gasteiger partial charge in [-0.15, -0.1) is 11.3 Å². The number of rotatable bonds is 6. The molecule has 2 atom stereocenters. The molecule has 198 valence electrons. The molecule has 1 N–H and O–H groups in total. The number of carbonyl (C=O) groups excluding carboxylic acids is 1. The molecule has 1 aliphatic heterocycles. The molecule has 6 nitrogen and oxygen atoms in total. The van der Waals surface area contributed by atoms with Gasteiger partial charge in [0, 0.05) is 19.2 Å². The zero-order chi connectivity index (χ0) is 27.0. The first-order chi connectivity index (χ1) is 17.4. The highest BCUT2D eigenvalue weighted by Gasteiger charge is 2.46. The van der Waals surface area contributed by atoms with E-state index < -0.39 is 48.5 Å². The molecular weight excluding hydrogens is 515 g/mol. The van der Waals surface area contributed by atoms with Crippen molar-refractivity contribution < 1.29 is 31.5 Å². The number of nitrogens with one attached hydrogen (secondary N) is 1. The summed E-state index contributed by atoms with van der Waals surface area (Å²) in [4.78, 5) is 23.5. The Bertz CT molecular complexity index is 1250. The van der Waals surface area contributed by atoms with Crippen LogP contribution < -0.4 is 10.1 Å². The Labute approximate surface area is 214 Å². The summed E-state index contributed by atoms with van der Waals surface area (Å²) in [6, 6.07) is 8.40. The maximum absolute atomic E-state index is 14.6. The molecule has 3 aromatic rings. The van der Waals surface area contributed by atoms with Crippen LogP contribution in [0.1, 0.15) is 34.4 Å². The van der Waals surface area contributed by atoms with Gasteiger partial charge < -0.3 is 15.0 Å². The largest absolute Gasteiger partial charge is 0.497 e. The molecule has 0 radical (unpaired) electrons. The summed E-state index contributed by atoms with van der Waals surface area (Å²) < 4.78 is 72.9. The third-order valence-electron chi connectivity index (χ3n) is 6.21. The second kappa shape index (κ2) is 10.2. The van der Waals surface area contributed by atoms with E-state index >= 15 is 0 Å². The number of aryl methyl sites for hydroxylation is 1. The minimum Gasteiger partial charge on any atom is -0.497 e. The van der Waals surface area contributed by atoms with Crippen LogP contribution in [0.2, 0.25) is 0 Å². The second-order valence-electron chi connectivity index (χ2n) is 8.99. The Morgan fingerprint density at radius 1 is 1.22 bits per heavy atom. The number of carbonyl (C=O) groups is 1. The minimum atomic E-state index is -4.52. The number of aromatic nitrogens is 2. The quantitative estimate of drug-likeness (QED) is 0.381. The lowest BCUT2D eigenvalue weighted by Crippen LogP contribution is -2.57. The number of benzene rings is 1. The molecule has 1 aliphatic rings. The molecule has 1 fully saturated rings. The Kier molecular flexibility index (Phi) is 7.40. The highest BCUT2D eigenvalue weighted by atomic mass is 32.1. The van der Waals surface area contributed by atoms with Crippen LogP contribution in [0.15, 0.2) is 42.6 Å². The van der Waals surface area contributed by atoms with Gasteiger partial charge in [0.25, 0.3) is 11.8 Å². The van der Waals surface area contributed by atoms with Crippen LogP contribution in [-0.2, 0) is 6.18 Å². The zero-order valence-corrected chi connectivity index (χ0v) is 21.1. The van der Waals surface area contributed by atoms with E-state index in [4.69, 9.17) is 4.74 Å². The number of methoxy groups -OCH3 is 1. The van der Waals surface area contributed by atoms with E-state index in [2.05, 4.69) is 15.3 Å². The van der Waals surface area contributed by atoms with E-state index in [0.29, 0.717) is 27.4 Å². The van der Waals surface area contributed by atoms with Gasteiger partial charge in [0.1, 0.15) is 17.3 Å². The first-order valence-electron chi connectivity index (χ1n) is 11.5. The average molecular weight is 541 g/mol. The van der Waals surface area contributed by atoms with Crippen molar-refractivity contribution in [3.05, 3.63) is 58.9 Å². The van der Waals surface area contributed by atoms with Gasteiger partial charge >= 0.3 is 6.18 Å². The van der Waals surface area contributed by atoms with E-state index in [-0.39, 0.29) is 18.1 Å². The van der Waals surface area contributed by atoms with Gasteiger partial charge in [-0.1, -0.05) is 6.92 Å². The molecular formula is C25H25F5N4O2S. The van der Waals surface area contributed by atoms with Crippen LogP contribution in [0.4, 0.5) is 27.8 Å². The van der Waals surface area contributed by atoms with Crippen molar-refractivity contribution in [3.8, 4) is 16.2 Å². The Hall–Kier alpha value is -3.28. The number of ether oxygens (including phenoxy) is 1. The molecule has 0 aliphatic carbocycles. The second-order valence-corrected chi connectivity index (χ2v) is 10.2. The van der Waals surface area contributed by atoms with Crippen molar-refractivity contribution >= 4 is 23.1 Å². The number of thiazole rings is 1. The third kappa shape index (κ3) is 6.00. The first kappa shape index (κ1) is 26.8. The third-order valence-corrected chi connectivity index (χ3v) is 7.23. The molecule has 4 rings (SSSR count). The van der Waals surface area contributed by atoms with Crippen molar-refractivity contribution in [1.29, 1.82) is 0 Å². The summed E-state index contributed by atoms with van der Waals surface area (Å²) in [6.07, 6.45) is -4.25. The normalized spacial score (nSPS) is 19.5. The number of piperidine rings is 1. The van der Waals surface area contributed by atoms with Gasteiger partial charge in [-0.25, -0.2) is 18.7 Å². The number of anilines is 1. The maximum atomic E-state index is 14.6. The standard InChI is InChI=1S/C25H25F5N4O2S/c1-14-10-24(26,27)13-34(19(14)12-32-20-9-6-17(11-31-20)25(28,29)30)23(35)21-22(37-15(2)33-21)16-4-7-18(36-3)8-5-16/h4-9,11,14,19H,10,12-13H2,1-3H3,(H,31,32)/t14?,19-/m1/s1. The Balaban J connectivity index is 1.60. The first-order valence-corrected chi connectivity index (χ1v) is 12.3. The van der Waals surface area contributed by atoms with Crippen LogP contribution >= 0.6 is 11.3 Å². The number of likely N-dealkylation sites (tertiary alicyclic amines) is 1. The van der Waals surface area contributed by atoms with Gasteiger partial charge in [-0.3, -0.25) is 4.79 Å². The van der Waals surface area contributed by atoms with Crippen LogP contribution in [0.25, 0.3) is 10.4 Å². The lowest BCUT2D eigenvalue weighted by molar-refractivity contribution is -0.137. The Morgan fingerprint density at radius 3 is 2.51 bits per heavy atom. The number of halogens is 5. The fourth-order valence-corrected chi connectivity index (χ4v) is 5.32. The van der Waals surface area contributed by atoms with Gasteiger partial charge in [0.2, 0.25) is 0 Å². The number of hydrogen-bond donors (Lipinski definition) is 1. The SMILES string of the molecule is COc1ccc(-c2sc(C)nc2C(=O)N2CC(F)(F)CC(C)[C@H]2CNc2ccc(C(F)(F)F)cn2)cc1. The van der Waals surface area contributed by atoms with Crippen LogP contribution in [0.3, 0.4) is 0 Å². The molecule has 1 amide bonds. The van der Waals surface area contributed by atoms with Crippen LogP contribution in [0.5, 0.6) is 5.75 Å². The van der Waals surface area contributed by atoms with Crippen molar-refractivity contribution in [3.63, 3.8) is 0 Å². The predicted molar refractivity (Wildman–Crippen MR) is 130 cm³/mol. The van der Waals surface area contributed by atoms with Crippen molar-refractivity contribution in [2.75, 3.05) is 25.5 Å². The molecule has 1 aromatic carbocycles. The lowest BCUT2D eigenvalue weighted by Gasteiger charge is -2.43. The molecule has 3 heterocycles. The number of alkyl halides is 5. The molecule has 2 aromatic heterocycles. The van der Waals surface area contributed by atoms with E-state index in [1.165, 1.54) is 24.5 Å². The summed E-state index contributed by atoms with van der Waals surface area (Å²) in [7, 11) is 1.53. The van der Waals surface area contributed by atoms with E-state index in [9.17, 15) is 26.7 Å². The number of pyridine rings is 1. The average Bonchev–Trinajstić information content (AvgIpc) is 3.23. The van der Waals surface area contributed by atoms with Gasteiger partial charge in [-0.05, 0) is 54.8 Å². The Morgan fingerprint density at radius 2 is 1.92 bits per heavy atom. The van der Waals surface area contributed by atoms with Crippen molar-refractivity contribution in [2.45, 2.75) is 38.4 Å². The summed E-state index contributed by atoms with van der Waals surface area (Å²) in [5.74, 6) is -3.55. The summed E-state index contributed by atoms with van der Waals surface area (Å²) in [5, 5.41) is 3.51. The molecule has 1 unspecified atom stereocenters. The smallest absolute Gasteiger partial charge is 0.417 e. The molecule has 37 heavy (non-hydrogen) atoms. The van der Waals surface area contributed by atoms with Gasteiger partial charge in [-0.2, -0.15) is 13.2 Å². The number of amides is 1. The fraction of sp³-hybridized carbons (Fsp3) is 0.400. The van der Waals surface area contributed by atoms with Crippen molar-refractivity contribution in [1.82, 2.24) is 14.9 Å². The highest BCUT2D eigenvalue weighted by molar-refractivity contribution is 7.15. The molecule has 0 saturated carbocycles. The molecule has 1 saturated heterocycles. The van der Waals surface area contributed by atoms with Crippen molar-refractivity contribution in [2.24, 2.45) is 5.92 Å². The summed E-state index contributed by atoms with van der Waals surface area (Å²) in [6.45, 7) is 2.59. The van der Waals surface area contributed by atoms with E-state index in [0.717, 1.165) is 11.0 Å². The maximum Gasteiger partial charge on any atom is 0.417 e. The van der Waals surface area contributed by atoms with Gasteiger partial charge in [0.15, 0.2) is 0 Å². The van der Waals surface area contributed by atoms with E-state index in [1.807, 2.05) is 0 Å². The number of hydrogen-bond acceptors (Lipinski definition) is 6. The zero-order valence-electron chi connectivity index (χ0n) is 20.3. The summed E-state index contributed by atoms with van der Waals surface area (Å²) in [5.41, 5.74) is -0.115. The highest BCUT2D eigenvalue weighted by Crippen LogP contribution is 2.38. The predicted octanol–water partition coefficient (Wildman–Crippen LogP) is 6.14. The summed E-state index contributed by atoms with van der Waals surface area (Å²) >= 11 is 1.28. The molecule has 0 bridgehead atoms. The lowest BCUT2D eigenvalue weighted by atomic mass is 9.88.